The minimum atomic E-state index is -1.00. The molecule has 110 valence electrons. The quantitative estimate of drug-likeness (QED) is 0.861. The van der Waals surface area contributed by atoms with Gasteiger partial charge in [0.2, 0.25) is 0 Å². The lowest BCUT2D eigenvalue weighted by atomic mass is 10.1. The second-order valence-electron chi connectivity index (χ2n) is 4.71. The van der Waals surface area contributed by atoms with Gasteiger partial charge in [-0.05, 0) is 41.3 Å². The minimum absolute atomic E-state index is 0.353. The van der Waals surface area contributed by atoms with Crippen molar-refractivity contribution in [3.05, 3.63) is 48.0 Å². The van der Waals surface area contributed by atoms with E-state index in [4.69, 9.17) is 5.11 Å². The molecule has 1 atom stereocenters. The van der Waals surface area contributed by atoms with Crippen LogP contribution >= 0.6 is 11.8 Å². The molecule has 0 aliphatic heterocycles. The van der Waals surface area contributed by atoms with Crippen LogP contribution in [-0.2, 0) is 4.79 Å². The Bertz CT molecular complexity index is 657. The standard InChI is InChI=1S/C16H17NO3S/c1-21-9-8-14(16(19)20)17-15(18)13-7-6-11-4-2-3-5-12(11)10-13/h2-7,10,14H,8-9H2,1H3,(H,17,18)(H,19,20)/t14-/m1/s1. The lowest BCUT2D eigenvalue weighted by Gasteiger charge is -2.14. The number of fused-ring (bicyclic) bond motifs is 1. The number of benzene rings is 2. The number of rotatable bonds is 6. The van der Waals surface area contributed by atoms with Crippen LogP contribution < -0.4 is 5.32 Å². The van der Waals surface area contributed by atoms with Crippen LogP contribution in [0.5, 0.6) is 0 Å². The number of hydrogen-bond donors (Lipinski definition) is 2. The summed E-state index contributed by atoms with van der Waals surface area (Å²) in [6.07, 6.45) is 2.32. The number of carbonyl (C=O) groups excluding carboxylic acids is 1. The normalized spacial score (nSPS) is 12.0. The summed E-state index contributed by atoms with van der Waals surface area (Å²) in [4.78, 5) is 23.3. The van der Waals surface area contributed by atoms with Crippen LogP contribution in [0.3, 0.4) is 0 Å². The van der Waals surface area contributed by atoms with Gasteiger partial charge < -0.3 is 10.4 Å². The zero-order valence-corrected chi connectivity index (χ0v) is 12.5. The number of carbonyl (C=O) groups is 2. The van der Waals surface area contributed by atoms with Crippen LogP contribution in [0.2, 0.25) is 0 Å². The van der Waals surface area contributed by atoms with Gasteiger partial charge in [0.25, 0.3) is 5.91 Å². The first-order chi connectivity index (χ1) is 10.1. The fourth-order valence-corrected chi connectivity index (χ4v) is 2.54. The van der Waals surface area contributed by atoms with Crippen LogP contribution in [0.4, 0.5) is 0 Å². The zero-order chi connectivity index (χ0) is 15.2. The molecule has 0 heterocycles. The van der Waals surface area contributed by atoms with Crippen LogP contribution in [-0.4, -0.2) is 35.0 Å². The van der Waals surface area contributed by atoms with E-state index < -0.39 is 12.0 Å². The van der Waals surface area contributed by atoms with Crippen molar-refractivity contribution in [1.82, 2.24) is 5.32 Å². The smallest absolute Gasteiger partial charge is 0.326 e. The second-order valence-corrected chi connectivity index (χ2v) is 5.69. The predicted molar refractivity (Wildman–Crippen MR) is 85.8 cm³/mol. The highest BCUT2D eigenvalue weighted by Gasteiger charge is 2.20. The van der Waals surface area contributed by atoms with Gasteiger partial charge in [-0.25, -0.2) is 4.79 Å². The number of aliphatic carboxylic acids is 1. The van der Waals surface area contributed by atoms with Crippen LogP contribution in [0, 0.1) is 0 Å². The number of amides is 1. The maximum atomic E-state index is 12.2. The maximum absolute atomic E-state index is 12.2. The van der Waals surface area contributed by atoms with Gasteiger partial charge in [0.05, 0.1) is 0 Å². The molecular weight excluding hydrogens is 286 g/mol. The number of carboxylic acid groups (broad SMARTS) is 1. The summed E-state index contributed by atoms with van der Waals surface area (Å²) in [6, 6.07) is 12.2. The van der Waals surface area contributed by atoms with E-state index in [1.807, 2.05) is 36.6 Å². The molecule has 0 unspecified atom stereocenters. The Hall–Kier alpha value is -2.01. The van der Waals surface area contributed by atoms with Gasteiger partial charge in [0.1, 0.15) is 6.04 Å². The molecule has 0 aliphatic rings. The second kappa shape index (κ2) is 7.13. The van der Waals surface area contributed by atoms with E-state index in [1.54, 1.807) is 23.9 Å². The summed E-state index contributed by atoms with van der Waals surface area (Å²) in [7, 11) is 0. The van der Waals surface area contributed by atoms with E-state index in [9.17, 15) is 9.59 Å². The van der Waals surface area contributed by atoms with E-state index in [0.29, 0.717) is 17.7 Å². The first-order valence-corrected chi connectivity index (χ1v) is 8.02. The molecule has 0 aromatic heterocycles. The SMILES string of the molecule is CSCC[C@@H](NC(=O)c1ccc2ccccc2c1)C(=O)O. The Morgan fingerprint density at radius 2 is 1.90 bits per heavy atom. The third-order valence-electron chi connectivity index (χ3n) is 3.23. The Balaban J connectivity index is 2.15. The zero-order valence-electron chi connectivity index (χ0n) is 11.7. The third-order valence-corrected chi connectivity index (χ3v) is 3.87. The fraction of sp³-hybridized carbons (Fsp3) is 0.250. The first kappa shape index (κ1) is 15.4. The Morgan fingerprint density at radius 3 is 2.57 bits per heavy atom. The molecule has 2 aromatic rings. The van der Waals surface area contributed by atoms with Crippen molar-refractivity contribution in [2.75, 3.05) is 12.0 Å². The number of thioether (sulfide) groups is 1. The molecule has 0 fully saturated rings. The van der Waals surface area contributed by atoms with E-state index in [0.717, 1.165) is 10.8 Å². The third kappa shape index (κ3) is 3.98. The molecule has 0 aliphatic carbocycles. The van der Waals surface area contributed by atoms with Crippen LogP contribution in [0.1, 0.15) is 16.8 Å². The van der Waals surface area contributed by atoms with Crippen LogP contribution in [0.15, 0.2) is 42.5 Å². The van der Waals surface area contributed by atoms with E-state index >= 15 is 0 Å². The fourth-order valence-electron chi connectivity index (χ4n) is 2.07. The summed E-state index contributed by atoms with van der Waals surface area (Å²) in [5.74, 6) is -0.665. The molecule has 2 aromatic carbocycles. The Labute approximate surface area is 127 Å². The van der Waals surface area contributed by atoms with Crippen LogP contribution in [0.25, 0.3) is 10.8 Å². The van der Waals surface area contributed by atoms with Crippen molar-refractivity contribution in [1.29, 1.82) is 0 Å². The van der Waals surface area contributed by atoms with Gasteiger partial charge in [0.15, 0.2) is 0 Å². The Morgan fingerprint density at radius 1 is 1.19 bits per heavy atom. The average molecular weight is 303 g/mol. The predicted octanol–water partition coefficient (Wildman–Crippen LogP) is 2.78. The first-order valence-electron chi connectivity index (χ1n) is 6.63. The molecule has 21 heavy (non-hydrogen) atoms. The highest BCUT2D eigenvalue weighted by Crippen LogP contribution is 2.15. The molecular formula is C16H17NO3S. The molecule has 2 rings (SSSR count). The van der Waals surface area contributed by atoms with E-state index in [1.165, 1.54) is 0 Å². The molecule has 5 heteroatoms. The minimum Gasteiger partial charge on any atom is -0.480 e. The lowest BCUT2D eigenvalue weighted by molar-refractivity contribution is -0.139. The molecule has 0 saturated carbocycles. The highest BCUT2D eigenvalue weighted by molar-refractivity contribution is 7.98. The molecule has 1 amide bonds. The molecule has 0 bridgehead atoms. The Kier molecular flexibility index (Phi) is 5.22. The van der Waals surface area contributed by atoms with E-state index in [2.05, 4.69) is 5.32 Å². The lowest BCUT2D eigenvalue weighted by Crippen LogP contribution is -2.41. The monoisotopic (exact) mass is 303 g/mol. The van der Waals surface area contributed by atoms with Crippen molar-refractivity contribution >= 4 is 34.4 Å². The molecule has 4 nitrogen and oxygen atoms in total. The molecule has 0 spiro atoms. The van der Waals surface area contributed by atoms with Crippen molar-refractivity contribution in [2.24, 2.45) is 0 Å². The average Bonchev–Trinajstić information content (AvgIpc) is 2.50. The summed E-state index contributed by atoms with van der Waals surface area (Å²) in [5, 5.41) is 13.7. The van der Waals surface area contributed by atoms with Gasteiger partial charge in [-0.1, -0.05) is 30.3 Å². The number of carboxylic acids is 1. The van der Waals surface area contributed by atoms with Crippen molar-refractivity contribution < 1.29 is 14.7 Å². The van der Waals surface area contributed by atoms with Gasteiger partial charge in [-0.3, -0.25) is 4.79 Å². The molecule has 0 saturated heterocycles. The largest absolute Gasteiger partial charge is 0.480 e. The van der Waals surface area contributed by atoms with Crippen molar-refractivity contribution in [3.8, 4) is 0 Å². The highest BCUT2D eigenvalue weighted by atomic mass is 32.2. The summed E-state index contributed by atoms with van der Waals surface area (Å²) in [5.41, 5.74) is 0.476. The summed E-state index contributed by atoms with van der Waals surface area (Å²) >= 11 is 1.56. The molecule has 0 radical (unpaired) electrons. The molecule has 2 N–H and O–H groups in total. The topological polar surface area (TPSA) is 66.4 Å². The number of hydrogen-bond acceptors (Lipinski definition) is 3. The van der Waals surface area contributed by atoms with Crippen molar-refractivity contribution in [2.45, 2.75) is 12.5 Å². The number of nitrogens with one attached hydrogen (secondary N) is 1. The van der Waals surface area contributed by atoms with E-state index in [-0.39, 0.29) is 5.91 Å². The van der Waals surface area contributed by atoms with Gasteiger partial charge >= 0.3 is 5.97 Å². The van der Waals surface area contributed by atoms with Gasteiger partial charge in [-0.15, -0.1) is 0 Å². The van der Waals surface area contributed by atoms with Crippen molar-refractivity contribution in [3.63, 3.8) is 0 Å². The van der Waals surface area contributed by atoms with Gasteiger partial charge in [0, 0.05) is 5.56 Å². The van der Waals surface area contributed by atoms with Gasteiger partial charge in [-0.2, -0.15) is 11.8 Å². The summed E-state index contributed by atoms with van der Waals surface area (Å²) < 4.78 is 0. The summed E-state index contributed by atoms with van der Waals surface area (Å²) in [6.45, 7) is 0. The maximum Gasteiger partial charge on any atom is 0.326 e.